The van der Waals surface area contributed by atoms with Gasteiger partial charge in [0, 0.05) is 12.6 Å². The van der Waals surface area contributed by atoms with Crippen molar-refractivity contribution in [3.63, 3.8) is 0 Å². The van der Waals surface area contributed by atoms with Gasteiger partial charge in [0.25, 0.3) is 0 Å². The number of ether oxygens (including phenoxy) is 2. The number of benzene rings is 2. The normalized spacial score (nSPS) is 17.9. The minimum absolute atomic E-state index is 0.419. The van der Waals surface area contributed by atoms with E-state index in [-0.39, 0.29) is 0 Å². The molecule has 0 saturated carbocycles. The van der Waals surface area contributed by atoms with Crippen molar-refractivity contribution in [2.24, 2.45) is 0 Å². The summed E-state index contributed by atoms with van der Waals surface area (Å²) in [5.41, 5.74) is 4.17. The molecule has 0 aromatic heterocycles. The van der Waals surface area contributed by atoms with Gasteiger partial charge >= 0.3 is 0 Å². The van der Waals surface area contributed by atoms with Crippen LogP contribution in [0.4, 0.5) is 0 Å². The van der Waals surface area contributed by atoms with E-state index in [1.165, 1.54) is 16.7 Å². The molecule has 1 atom stereocenters. The van der Waals surface area contributed by atoms with Crippen LogP contribution in [0, 0.1) is 0 Å². The molecule has 0 unspecified atom stereocenters. The molecule has 116 valence electrons. The molecule has 2 aromatic rings. The molecule has 0 N–H and O–H groups in total. The summed E-state index contributed by atoms with van der Waals surface area (Å²) in [5.74, 6) is 1.86. The summed E-state index contributed by atoms with van der Waals surface area (Å²) < 4.78 is 10.6. The molecule has 0 fully saturated rings. The molecule has 1 aliphatic rings. The lowest BCUT2D eigenvalue weighted by molar-refractivity contribution is 0.229. The van der Waals surface area contributed by atoms with Gasteiger partial charge in [-0.3, -0.25) is 4.90 Å². The fourth-order valence-electron chi connectivity index (χ4n) is 3.19. The third-order valence-electron chi connectivity index (χ3n) is 4.56. The maximum Gasteiger partial charge on any atom is 0.119 e. The van der Waals surface area contributed by atoms with Gasteiger partial charge in [0.1, 0.15) is 11.5 Å². The van der Waals surface area contributed by atoms with Gasteiger partial charge in [-0.1, -0.05) is 18.2 Å². The molecule has 2 aromatic carbocycles. The van der Waals surface area contributed by atoms with Crippen molar-refractivity contribution >= 4 is 0 Å². The smallest absolute Gasteiger partial charge is 0.119 e. The second-order valence-electron chi connectivity index (χ2n) is 5.86. The van der Waals surface area contributed by atoms with Crippen LogP contribution in [0.1, 0.15) is 22.7 Å². The van der Waals surface area contributed by atoms with Crippen molar-refractivity contribution in [2.45, 2.75) is 18.9 Å². The van der Waals surface area contributed by atoms with E-state index in [9.17, 15) is 0 Å². The monoisotopic (exact) mass is 297 g/mol. The van der Waals surface area contributed by atoms with E-state index in [1.807, 2.05) is 12.1 Å². The second kappa shape index (κ2) is 6.41. The van der Waals surface area contributed by atoms with Gasteiger partial charge in [0.15, 0.2) is 0 Å². The van der Waals surface area contributed by atoms with Gasteiger partial charge < -0.3 is 9.47 Å². The summed E-state index contributed by atoms with van der Waals surface area (Å²) in [7, 11) is 5.64. The molecule has 22 heavy (non-hydrogen) atoms. The van der Waals surface area contributed by atoms with Crippen molar-refractivity contribution in [2.75, 3.05) is 27.8 Å². The Morgan fingerprint density at radius 2 is 1.68 bits per heavy atom. The Hall–Kier alpha value is -2.00. The number of likely N-dealkylation sites (N-methyl/N-ethyl adjacent to an activating group) is 1. The van der Waals surface area contributed by atoms with E-state index in [1.54, 1.807) is 14.2 Å². The van der Waals surface area contributed by atoms with E-state index in [0.29, 0.717) is 6.04 Å². The zero-order valence-electron chi connectivity index (χ0n) is 13.5. The molecule has 0 aliphatic carbocycles. The van der Waals surface area contributed by atoms with Gasteiger partial charge in [-0.15, -0.1) is 0 Å². The summed E-state index contributed by atoms with van der Waals surface area (Å²) in [6.07, 6.45) is 2.10. The Morgan fingerprint density at radius 1 is 1.00 bits per heavy atom. The van der Waals surface area contributed by atoms with Crippen LogP contribution in [0.2, 0.25) is 0 Å². The summed E-state index contributed by atoms with van der Waals surface area (Å²) in [5, 5.41) is 0. The Kier molecular flexibility index (Phi) is 4.34. The lowest BCUT2D eigenvalue weighted by Crippen LogP contribution is -2.33. The minimum atomic E-state index is 0.419. The third-order valence-corrected chi connectivity index (χ3v) is 4.56. The molecule has 3 nitrogen and oxygen atoms in total. The summed E-state index contributed by atoms with van der Waals surface area (Å²) >= 11 is 0. The van der Waals surface area contributed by atoms with Crippen molar-refractivity contribution in [1.82, 2.24) is 4.90 Å². The Bertz CT molecular complexity index is 636. The van der Waals surface area contributed by atoms with Gasteiger partial charge in [-0.05, 0) is 60.8 Å². The highest BCUT2D eigenvalue weighted by Crippen LogP contribution is 2.33. The number of hydrogen-bond donors (Lipinski definition) is 0. The predicted molar refractivity (Wildman–Crippen MR) is 88.8 cm³/mol. The molecule has 0 spiro atoms. The number of methoxy groups -OCH3 is 2. The zero-order chi connectivity index (χ0) is 15.5. The highest BCUT2D eigenvalue weighted by molar-refractivity contribution is 5.40. The van der Waals surface area contributed by atoms with Crippen LogP contribution in [-0.2, 0) is 12.8 Å². The molecule has 1 aliphatic heterocycles. The molecular formula is C19H23NO2. The van der Waals surface area contributed by atoms with E-state index < -0.39 is 0 Å². The van der Waals surface area contributed by atoms with Gasteiger partial charge in [-0.2, -0.15) is 0 Å². The van der Waals surface area contributed by atoms with Gasteiger partial charge in [0.2, 0.25) is 0 Å². The SMILES string of the molecule is COc1ccc(C[C@H]2c3ccc(OC)cc3CCN2C)cc1. The molecule has 0 bridgehead atoms. The average molecular weight is 297 g/mol. The Labute approximate surface area is 132 Å². The van der Waals surface area contributed by atoms with E-state index >= 15 is 0 Å². The first kappa shape index (κ1) is 14.9. The fraction of sp³-hybridized carbons (Fsp3) is 0.368. The molecule has 1 heterocycles. The van der Waals surface area contributed by atoms with Crippen molar-refractivity contribution < 1.29 is 9.47 Å². The van der Waals surface area contributed by atoms with Crippen LogP contribution in [0.5, 0.6) is 11.5 Å². The van der Waals surface area contributed by atoms with Crippen LogP contribution < -0.4 is 9.47 Å². The Morgan fingerprint density at radius 3 is 2.36 bits per heavy atom. The Balaban J connectivity index is 1.86. The van der Waals surface area contributed by atoms with Crippen molar-refractivity contribution in [3.05, 3.63) is 59.2 Å². The molecule has 0 saturated heterocycles. The molecular weight excluding hydrogens is 274 g/mol. The van der Waals surface area contributed by atoms with E-state index in [0.717, 1.165) is 30.9 Å². The highest BCUT2D eigenvalue weighted by Gasteiger charge is 2.25. The average Bonchev–Trinajstić information content (AvgIpc) is 2.57. The number of hydrogen-bond acceptors (Lipinski definition) is 3. The first-order valence-corrected chi connectivity index (χ1v) is 7.71. The van der Waals surface area contributed by atoms with Crippen LogP contribution in [0.15, 0.2) is 42.5 Å². The molecule has 0 radical (unpaired) electrons. The van der Waals surface area contributed by atoms with Crippen molar-refractivity contribution in [3.8, 4) is 11.5 Å². The largest absolute Gasteiger partial charge is 0.497 e. The fourth-order valence-corrected chi connectivity index (χ4v) is 3.19. The maximum atomic E-state index is 5.36. The second-order valence-corrected chi connectivity index (χ2v) is 5.86. The van der Waals surface area contributed by atoms with Gasteiger partial charge in [-0.25, -0.2) is 0 Å². The predicted octanol–water partition coefficient (Wildman–Crippen LogP) is 3.48. The first-order valence-electron chi connectivity index (χ1n) is 7.71. The summed E-state index contributed by atoms with van der Waals surface area (Å²) in [4.78, 5) is 2.44. The van der Waals surface area contributed by atoms with Crippen molar-refractivity contribution in [1.29, 1.82) is 0 Å². The van der Waals surface area contributed by atoms with E-state index in [2.05, 4.69) is 42.3 Å². The molecule has 3 heteroatoms. The number of fused-ring (bicyclic) bond motifs is 1. The highest BCUT2D eigenvalue weighted by atomic mass is 16.5. The zero-order valence-corrected chi connectivity index (χ0v) is 13.5. The van der Waals surface area contributed by atoms with Crippen LogP contribution >= 0.6 is 0 Å². The number of nitrogens with zero attached hydrogens (tertiary/aromatic N) is 1. The maximum absolute atomic E-state index is 5.36. The standard InChI is InChI=1S/C19H23NO2/c1-20-11-10-15-13-17(22-3)8-9-18(15)19(20)12-14-4-6-16(21-2)7-5-14/h4-9,13,19H,10-12H2,1-3H3/t19-/m0/s1. The van der Waals surface area contributed by atoms with Crippen LogP contribution in [0.25, 0.3) is 0 Å². The lowest BCUT2D eigenvalue weighted by atomic mass is 9.89. The first-order chi connectivity index (χ1) is 10.7. The quantitative estimate of drug-likeness (QED) is 0.862. The third kappa shape index (κ3) is 2.95. The minimum Gasteiger partial charge on any atom is -0.497 e. The van der Waals surface area contributed by atoms with E-state index in [4.69, 9.17) is 9.47 Å². The van der Waals surface area contributed by atoms with Crippen LogP contribution in [0.3, 0.4) is 0 Å². The topological polar surface area (TPSA) is 21.7 Å². The number of rotatable bonds is 4. The molecule has 0 amide bonds. The summed E-state index contributed by atoms with van der Waals surface area (Å²) in [6, 6.07) is 15.3. The molecule has 3 rings (SSSR count). The van der Waals surface area contributed by atoms with Gasteiger partial charge in [0.05, 0.1) is 14.2 Å². The van der Waals surface area contributed by atoms with Crippen LogP contribution in [-0.4, -0.2) is 32.7 Å². The lowest BCUT2D eigenvalue weighted by Gasteiger charge is -2.35. The summed E-state index contributed by atoms with van der Waals surface area (Å²) in [6.45, 7) is 1.08.